The van der Waals surface area contributed by atoms with E-state index in [1.807, 2.05) is 33.7 Å². The van der Waals surface area contributed by atoms with Crippen LogP contribution in [-0.2, 0) is 22.7 Å². The van der Waals surface area contributed by atoms with E-state index in [4.69, 9.17) is 14.6 Å². The Balaban J connectivity index is 0.000000364. The van der Waals surface area contributed by atoms with Crippen molar-refractivity contribution in [1.29, 1.82) is 0 Å². The van der Waals surface area contributed by atoms with Crippen molar-refractivity contribution in [2.24, 2.45) is 5.41 Å². The number of aromatic nitrogens is 2. The van der Waals surface area contributed by atoms with E-state index < -0.39 is 12.1 Å². The minimum atomic E-state index is -5.08. The Morgan fingerprint density at radius 2 is 1.69 bits per heavy atom. The van der Waals surface area contributed by atoms with Crippen molar-refractivity contribution in [1.82, 2.24) is 19.2 Å². The van der Waals surface area contributed by atoms with Gasteiger partial charge in [-0.3, -0.25) is 14.1 Å². The number of methoxy groups -OCH3 is 1. The third kappa shape index (κ3) is 5.30. The number of amides is 1. The summed E-state index contributed by atoms with van der Waals surface area (Å²) in [4.78, 5) is 31.1. The number of rotatable bonds is 5. The highest BCUT2D eigenvalue weighted by Crippen LogP contribution is 2.41. The summed E-state index contributed by atoms with van der Waals surface area (Å²) < 4.78 is 38.9. The molecule has 2 aliphatic rings. The number of ether oxygens (including phenoxy) is 1. The number of hydrogen-bond donors (Lipinski definition) is 1. The Bertz CT molecular complexity index is 1200. The summed E-state index contributed by atoms with van der Waals surface area (Å²) >= 11 is 0. The number of fused-ring (bicyclic) bond motifs is 1. The first-order valence-electron chi connectivity index (χ1n) is 10.9. The average molecular weight is 490 g/mol. The quantitative estimate of drug-likeness (QED) is 0.592. The first-order valence-corrected chi connectivity index (χ1v) is 10.9. The monoisotopic (exact) mass is 490 g/mol. The molecule has 186 valence electrons. The van der Waals surface area contributed by atoms with Gasteiger partial charge in [-0.1, -0.05) is 36.4 Å². The van der Waals surface area contributed by atoms with E-state index in [0.717, 1.165) is 38.4 Å². The van der Waals surface area contributed by atoms with Gasteiger partial charge in [-0.2, -0.15) is 13.2 Å². The zero-order valence-corrected chi connectivity index (χ0v) is 19.0. The normalized spacial score (nSPS) is 16.9. The topological polar surface area (TPSA) is 87.4 Å². The summed E-state index contributed by atoms with van der Waals surface area (Å²) in [7, 11) is 1.63. The Kier molecular flexibility index (Phi) is 6.82. The molecule has 8 nitrogen and oxygen atoms in total. The van der Waals surface area contributed by atoms with Gasteiger partial charge in [0.15, 0.2) is 0 Å². The number of likely N-dealkylation sites (tertiary alicyclic amines) is 2. The van der Waals surface area contributed by atoms with Crippen LogP contribution in [0.1, 0.15) is 21.7 Å². The molecule has 0 saturated carbocycles. The molecule has 0 unspecified atom stereocenters. The van der Waals surface area contributed by atoms with Crippen molar-refractivity contribution in [3.05, 3.63) is 71.7 Å². The van der Waals surface area contributed by atoms with Crippen LogP contribution in [0.3, 0.4) is 0 Å². The minimum absolute atomic E-state index is 0.0536. The maximum Gasteiger partial charge on any atom is 0.490 e. The number of alkyl halides is 3. The molecular weight excluding hydrogens is 465 g/mol. The number of aliphatic carboxylic acids is 1. The molecule has 0 radical (unpaired) electrons. The van der Waals surface area contributed by atoms with Crippen LogP contribution < -0.4 is 0 Å². The molecule has 0 bridgehead atoms. The first-order chi connectivity index (χ1) is 16.6. The van der Waals surface area contributed by atoms with Gasteiger partial charge in [0.25, 0.3) is 5.91 Å². The number of carboxylic acids is 1. The van der Waals surface area contributed by atoms with Crippen LogP contribution in [0, 0.1) is 5.41 Å². The van der Waals surface area contributed by atoms with Crippen molar-refractivity contribution in [2.75, 3.05) is 33.3 Å². The SMILES string of the molecule is COCc1nc2ccccn2c1C(=O)N1CC2(CN(Cc3ccccc3)C2)C1.O=C(O)C(F)(F)F. The molecule has 2 saturated heterocycles. The van der Waals surface area contributed by atoms with Crippen LogP contribution in [0.4, 0.5) is 13.2 Å². The van der Waals surface area contributed by atoms with Crippen molar-refractivity contribution in [3.8, 4) is 0 Å². The van der Waals surface area contributed by atoms with Gasteiger partial charge in [0, 0.05) is 51.4 Å². The fraction of sp³-hybridized carbons (Fsp3) is 0.375. The fourth-order valence-corrected chi connectivity index (χ4v) is 4.62. The summed E-state index contributed by atoms with van der Waals surface area (Å²) in [5, 5.41) is 7.12. The number of benzene rings is 1. The summed E-state index contributed by atoms with van der Waals surface area (Å²) in [5.41, 5.74) is 3.74. The lowest BCUT2D eigenvalue weighted by atomic mass is 9.72. The highest BCUT2D eigenvalue weighted by atomic mass is 19.4. The van der Waals surface area contributed by atoms with Gasteiger partial charge in [-0.25, -0.2) is 9.78 Å². The second-order valence-corrected chi connectivity index (χ2v) is 8.86. The van der Waals surface area contributed by atoms with Gasteiger partial charge in [-0.15, -0.1) is 0 Å². The number of hydrogen-bond acceptors (Lipinski definition) is 5. The van der Waals surface area contributed by atoms with Crippen LogP contribution in [0.5, 0.6) is 0 Å². The lowest BCUT2D eigenvalue weighted by molar-refractivity contribution is -0.192. The zero-order chi connectivity index (χ0) is 25.2. The predicted octanol–water partition coefficient (Wildman–Crippen LogP) is 3.07. The molecular formula is C24H25F3N4O4. The van der Waals surface area contributed by atoms with E-state index in [1.54, 1.807) is 7.11 Å². The smallest absolute Gasteiger partial charge is 0.475 e. The number of nitrogens with zero attached hydrogens (tertiary/aromatic N) is 4. The number of carboxylic acid groups (broad SMARTS) is 1. The third-order valence-electron chi connectivity index (χ3n) is 6.04. The van der Waals surface area contributed by atoms with E-state index in [2.05, 4.69) is 40.2 Å². The van der Waals surface area contributed by atoms with Crippen molar-refractivity contribution in [3.63, 3.8) is 0 Å². The highest BCUT2D eigenvalue weighted by Gasteiger charge is 2.53. The van der Waals surface area contributed by atoms with E-state index in [0.29, 0.717) is 18.0 Å². The standard InChI is InChI=1S/C22H24N4O2.C2HF3O2/c1-28-12-18-20(26-10-6-5-9-19(26)23-18)21(27)25-15-22(16-25)13-24(14-22)11-17-7-3-2-4-8-17;3-2(4,5)1(6)7/h2-10H,11-16H2,1H3;(H,6,7). The summed E-state index contributed by atoms with van der Waals surface area (Å²) in [6.45, 7) is 5.09. The van der Waals surface area contributed by atoms with Gasteiger partial charge >= 0.3 is 12.1 Å². The van der Waals surface area contributed by atoms with E-state index >= 15 is 0 Å². The Morgan fingerprint density at radius 1 is 1.06 bits per heavy atom. The molecule has 1 aromatic carbocycles. The van der Waals surface area contributed by atoms with Crippen molar-refractivity contribution >= 4 is 17.5 Å². The lowest BCUT2D eigenvalue weighted by Crippen LogP contribution is -2.72. The predicted molar refractivity (Wildman–Crippen MR) is 120 cm³/mol. The van der Waals surface area contributed by atoms with Gasteiger partial charge in [0.05, 0.1) is 12.3 Å². The Morgan fingerprint density at radius 3 is 2.29 bits per heavy atom. The molecule has 5 rings (SSSR count). The number of carbonyl (C=O) groups excluding carboxylic acids is 1. The molecule has 4 heterocycles. The second-order valence-electron chi connectivity index (χ2n) is 8.86. The van der Waals surface area contributed by atoms with E-state index in [-0.39, 0.29) is 11.3 Å². The number of carbonyl (C=O) groups is 2. The second kappa shape index (κ2) is 9.67. The summed E-state index contributed by atoms with van der Waals surface area (Å²) in [6.07, 6.45) is -3.19. The molecule has 3 aromatic rings. The lowest BCUT2D eigenvalue weighted by Gasteiger charge is -2.60. The van der Waals surface area contributed by atoms with Crippen molar-refractivity contribution in [2.45, 2.75) is 19.3 Å². The Hall–Kier alpha value is -3.44. The Labute approximate surface area is 199 Å². The molecule has 0 aliphatic carbocycles. The molecule has 35 heavy (non-hydrogen) atoms. The average Bonchev–Trinajstić information content (AvgIpc) is 3.13. The summed E-state index contributed by atoms with van der Waals surface area (Å²) in [5.74, 6) is -2.70. The first kappa shape index (κ1) is 24.7. The molecule has 11 heteroatoms. The molecule has 2 aromatic heterocycles. The summed E-state index contributed by atoms with van der Waals surface area (Å²) in [6, 6.07) is 16.3. The van der Waals surface area contributed by atoms with Gasteiger partial charge in [0.2, 0.25) is 0 Å². The molecule has 2 aliphatic heterocycles. The molecule has 0 atom stereocenters. The van der Waals surface area contributed by atoms with Crippen LogP contribution in [-0.4, -0.2) is 75.6 Å². The van der Waals surface area contributed by atoms with Crippen LogP contribution in [0.2, 0.25) is 0 Å². The molecule has 1 spiro atoms. The fourth-order valence-electron chi connectivity index (χ4n) is 4.62. The maximum atomic E-state index is 13.2. The third-order valence-corrected chi connectivity index (χ3v) is 6.04. The van der Waals surface area contributed by atoms with E-state index in [1.165, 1.54) is 5.56 Å². The number of halogens is 3. The van der Waals surface area contributed by atoms with Crippen molar-refractivity contribution < 1.29 is 32.6 Å². The largest absolute Gasteiger partial charge is 0.490 e. The van der Waals surface area contributed by atoms with Gasteiger partial charge in [-0.05, 0) is 17.7 Å². The zero-order valence-electron chi connectivity index (χ0n) is 19.0. The maximum absolute atomic E-state index is 13.2. The number of pyridine rings is 1. The molecule has 2 fully saturated rings. The van der Waals surface area contributed by atoms with Gasteiger partial charge in [0.1, 0.15) is 11.3 Å². The van der Waals surface area contributed by atoms with E-state index in [9.17, 15) is 18.0 Å². The number of imidazole rings is 1. The van der Waals surface area contributed by atoms with Gasteiger partial charge < -0.3 is 14.7 Å². The molecule has 1 amide bonds. The van der Waals surface area contributed by atoms with Crippen LogP contribution >= 0.6 is 0 Å². The van der Waals surface area contributed by atoms with Crippen LogP contribution in [0.15, 0.2) is 54.7 Å². The minimum Gasteiger partial charge on any atom is -0.475 e. The van der Waals surface area contributed by atoms with Crippen LogP contribution in [0.25, 0.3) is 5.65 Å². The molecule has 1 N–H and O–H groups in total. The highest BCUT2D eigenvalue weighted by molar-refractivity contribution is 5.95.